The summed E-state index contributed by atoms with van der Waals surface area (Å²) in [4.78, 5) is 22.1. The molecule has 0 atom stereocenters. The molecule has 0 aromatic heterocycles. The second kappa shape index (κ2) is 5.30. The molecular weight excluding hydrogens is 208 g/mol. The average molecular weight is 222 g/mol. The maximum atomic E-state index is 11.7. The predicted molar refractivity (Wildman–Crippen MR) is 58.9 cm³/mol. The van der Waals surface area contributed by atoms with Crippen LogP contribution in [0.25, 0.3) is 0 Å². The van der Waals surface area contributed by atoms with Crippen molar-refractivity contribution in [2.75, 3.05) is 7.11 Å². The van der Waals surface area contributed by atoms with Gasteiger partial charge in [-0.1, -0.05) is 6.07 Å². The number of methoxy groups -OCH3 is 1. The Morgan fingerprint density at radius 3 is 2.56 bits per heavy atom. The molecular formula is C12H14O4. The van der Waals surface area contributed by atoms with E-state index in [1.54, 1.807) is 18.2 Å². The number of carboxylic acids is 1. The van der Waals surface area contributed by atoms with E-state index in [1.807, 2.05) is 6.92 Å². The molecule has 0 heterocycles. The number of benzene rings is 1. The van der Waals surface area contributed by atoms with E-state index in [-0.39, 0.29) is 18.6 Å². The van der Waals surface area contributed by atoms with Gasteiger partial charge in [0.05, 0.1) is 13.5 Å². The standard InChI is InChI=1S/C12H14O4/c1-8-3-4-9(16-2)7-10(8)11(13)5-6-12(14)15/h3-4,7H,5-6H2,1-2H3,(H,14,15). The van der Waals surface area contributed by atoms with Crippen LogP contribution >= 0.6 is 0 Å². The van der Waals surface area contributed by atoms with Crippen molar-refractivity contribution in [3.63, 3.8) is 0 Å². The lowest BCUT2D eigenvalue weighted by atomic mass is 10.0. The SMILES string of the molecule is COc1ccc(C)c(C(=O)CCC(=O)O)c1. The maximum absolute atomic E-state index is 11.7. The fourth-order valence-electron chi connectivity index (χ4n) is 1.38. The van der Waals surface area contributed by atoms with Gasteiger partial charge >= 0.3 is 5.97 Å². The molecule has 0 bridgehead atoms. The Bertz CT molecular complexity index is 409. The Hall–Kier alpha value is -1.84. The summed E-state index contributed by atoms with van der Waals surface area (Å²) in [6, 6.07) is 5.19. The van der Waals surface area contributed by atoms with Crippen LogP contribution in [0.3, 0.4) is 0 Å². The van der Waals surface area contributed by atoms with Crippen LogP contribution in [0.15, 0.2) is 18.2 Å². The van der Waals surface area contributed by atoms with Gasteiger partial charge in [-0.25, -0.2) is 0 Å². The molecule has 0 radical (unpaired) electrons. The normalized spacial score (nSPS) is 9.88. The highest BCUT2D eigenvalue weighted by Crippen LogP contribution is 2.18. The van der Waals surface area contributed by atoms with Crippen molar-refractivity contribution in [3.05, 3.63) is 29.3 Å². The van der Waals surface area contributed by atoms with Gasteiger partial charge in [0.15, 0.2) is 5.78 Å². The molecule has 0 saturated carbocycles. The molecule has 1 aromatic carbocycles. The summed E-state index contributed by atoms with van der Waals surface area (Å²) >= 11 is 0. The number of carboxylic acid groups (broad SMARTS) is 1. The minimum atomic E-state index is -0.964. The molecule has 0 aliphatic rings. The van der Waals surface area contributed by atoms with Crippen LogP contribution in [-0.4, -0.2) is 24.0 Å². The topological polar surface area (TPSA) is 63.6 Å². The molecule has 0 amide bonds. The molecule has 16 heavy (non-hydrogen) atoms. The molecule has 86 valence electrons. The predicted octanol–water partition coefficient (Wildman–Crippen LogP) is 2.05. The zero-order chi connectivity index (χ0) is 12.1. The van der Waals surface area contributed by atoms with E-state index in [1.165, 1.54) is 7.11 Å². The van der Waals surface area contributed by atoms with Gasteiger partial charge in [-0.05, 0) is 24.6 Å². The molecule has 1 rings (SSSR count). The third-order valence-corrected chi connectivity index (χ3v) is 2.31. The summed E-state index contributed by atoms with van der Waals surface area (Å²) in [5, 5.41) is 8.50. The fraction of sp³-hybridized carbons (Fsp3) is 0.333. The molecule has 0 aliphatic heterocycles. The fourth-order valence-corrected chi connectivity index (χ4v) is 1.38. The summed E-state index contributed by atoms with van der Waals surface area (Å²) in [7, 11) is 1.52. The Labute approximate surface area is 93.9 Å². The summed E-state index contributed by atoms with van der Waals surface area (Å²) < 4.78 is 5.02. The number of hydrogen-bond acceptors (Lipinski definition) is 3. The third kappa shape index (κ3) is 3.08. The highest BCUT2D eigenvalue weighted by molar-refractivity contribution is 5.99. The number of rotatable bonds is 5. The first kappa shape index (κ1) is 12.2. The Kier molecular flexibility index (Phi) is 4.05. The van der Waals surface area contributed by atoms with Crippen LogP contribution in [0.4, 0.5) is 0 Å². The quantitative estimate of drug-likeness (QED) is 0.774. The van der Waals surface area contributed by atoms with Crippen molar-refractivity contribution in [3.8, 4) is 5.75 Å². The molecule has 0 aliphatic carbocycles. The van der Waals surface area contributed by atoms with E-state index in [4.69, 9.17) is 9.84 Å². The highest BCUT2D eigenvalue weighted by atomic mass is 16.5. The Morgan fingerprint density at radius 2 is 2.00 bits per heavy atom. The minimum absolute atomic E-state index is 0.0172. The van der Waals surface area contributed by atoms with Gasteiger partial charge < -0.3 is 9.84 Å². The number of carbonyl (C=O) groups excluding carboxylic acids is 1. The molecule has 0 spiro atoms. The van der Waals surface area contributed by atoms with Gasteiger partial charge in [0.1, 0.15) is 5.75 Å². The second-order valence-electron chi connectivity index (χ2n) is 3.50. The van der Waals surface area contributed by atoms with Crippen LogP contribution in [0.5, 0.6) is 5.75 Å². The molecule has 0 fully saturated rings. The molecule has 0 saturated heterocycles. The highest BCUT2D eigenvalue weighted by Gasteiger charge is 2.11. The van der Waals surface area contributed by atoms with Crippen molar-refractivity contribution in [1.82, 2.24) is 0 Å². The van der Waals surface area contributed by atoms with Gasteiger partial charge in [-0.3, -0.25) is 9.59 Å². The number of Topliss-reactive ketones (excluding diaryl/α,β-unsaturated/α-hetero) is 1. The molecule has 4 nitrogen and oxygen atoms in total. The number of ether oxygens (including phenoxy) is 1. The van der Waals surface area contributed by atoms with E-state index < -0.39 is 5.97 Å². The van der Waals surface area contributed by atoms with E-state index in [9.17, 15) is 9.59 Å². The number of hydrogen-bond donors (Lipinski definition) is 1. The first-order chi connectivity index (χ1) is 7.54. The van der Waals surface area contributed by atoms with Crippen LogP contribution in [0.1, 0.15) is 28.8 Å². The largest absolute Gasteiger partial charge is 0.497 e. The number of aryl methyl sites for hydroxylation is 1. The first-order valence-corrected chi connectivity index (χ1v) is 4.94. The molecule has 4 heteroatoms. The van der Waals surface area contributed by atoms with Gasteiger partial charge in [0.2, 0.25) is 0 Å². The van der Waals surface area contributed by atoms with Crippen LogP contribution < -0.4 is 4.74 Å². The lowest BCUT2D eigenvalue weighted by molar-refractivity contribution is -0.136. The van der Waals surface area contributed by atoms with Gasteiger partial charge in [0.25, 0.3) is 0 Å². The van der Waals surface area contributed by atoms with Gasteiger partial charge in [-0.15, -0.1) is 0 Å². The van der Waals surface area contributed by atoms with Crippen molar-refractivity contribution < 1.29 is 19.4 Å². The van der Waals surface area contributed by atoms with Crippen molar-refractivity contribution in [2.24, 2.45) is 0 Å². The zero-order valence-electron chi connectivity index (χ0n) is 9.32. The Balaban J connectivity index is 2.85. The molecule has 0 unspecified atom stereocenters. The lowest BCUT2D eigenvalue weighted by Gasteiger charge is -2.06. The second-order valence-corrected chi connectivity index (χ2v) is 3.50. The van der Waals surface area contributed by atoms with E-state index in [0.717, 1.165) is 5.56 Å². The van der Waals surface area contributed by atoms with Crippen molar-refractivity contribution in [1.29, 1.82) is 0 Å². The van der Waals surface area contributed by atoms with Crippen LogP contribution in [0.2, 0.25) is 0 Å². The summed E-state index contributed by atoms with van der Waals surface area (Å²) in [6.07, 6.45) is -0.126. The van der Waals surface area contributed by atoms with Crippen LogP contribution in [0, 0.1) is 6.92 Å². The zero-order valence-corrected chi connectivity index (χ0v) is 9.32. The van der Waals surface area contributed by atoms with E-state index in [0.29, 0.717) is 11.3 Å². The monoisotopic (exact) mass is 222 g/mol. The van der Waals surface area contributed by atoms with Gasteiger partial charge in [-0.2, -0.15) is 0 Å². The maximum Gasteiger partial charge on any atom is 0.303 e. The number of aliphatic carboxylic acids is 1. The Morgan fingerprint density at radius 1 is 1.31 bits per heavy atom. The van der Waals surface area contributed by atoms with Crippen LogP contribution in [-0.2, 0) is 4.79 Å². The van der Waals surface area contributed by atoms with Gasteiger partial charge in [0, 0.05) is 12.0 Å². The first-order valence-electron chi connectivity index (χ1n) is 4.94. The summed E-state index contributed by atoms with van der Waals surface area (Å²) in [6.45, 7) is 1.81. The van der Waals surface area contributed by atoms with Crippen molar-refractivity contribution >= 4 is 11.8 Å². The molecule has 1 N–H and O–H groups in total. The number of ketones is 1. The average Bonchev–Trinajstić information content (AvgIpc) is 2.26. The smallest absolute Gasteiger partial charge is 0.303 e. The lowest BCUT2D eigenvalue weighted by Crippen LogP contribution is -2.05. The van der Waals surface area contributed by atoms with E-state index in [2.05, 4.69) is 0 Å². The van der Waals surface area contributed by atoms with Crippen molar-refractivity contribution in [2.45, 2.75) is 19.8 Å². The summed E-state index contributed by atoms with van der Waals surface area (Å²) in [5.41, 5.74) is 1.36. The minimum Gasteiger partial charge on any atom is -0.497 e. The van der Waals surface area contributed by atoms with E-state index >= 15 is 0 Å². The molecule has 1 aromatic rings. The third-order valence-electron chi connectivity index (χ3n) is 2.31. The summed E-state index contributed by atoms with van der Waals surface area (Å²) in [5.74, 6) is -0.531. The number of carbonyl (C=O) groups is 2.